The van der Waals surface area contributed by atoms with Gasteiger partial charge in [-0.25, -0.2) is 13.6 Å². The van der Waals surface area contributed by atoms with Crippen molar-refractivity contribution in [3.05, 3.63) is 0 Å². The number of nitrogens with zero attached hydrogens (tertiary/aromatic N) is 1. The van der Waals surface area contributed by atoms with Crippen LogP contribution in [0.3, 0.4) is 0 Å². The zero-order chi connectivity index (χ0) is 13.9. The molecule has 0 bridgehead atoms. The number of amides is 1. The van der Waals surface area contributed by atoms with Gasteiger partial charge in [-0.1, -0.05) is 0 Å². The van der Waals surface area contributed by atoms with E-state index in [-0.39, 0.29) is 25.9 Å². The molecule has 0 aromatic rings. The van der Waals surface area contributed by atoms with Gasteiger partial charge in [-0.15, -0.1) is 0 Å². The fourth-order valence-electron chi connectivity index (χ4n) is 1.85. The quantitative estimate of drug-likeness (QED) is 0.769. The highest BCUT2D eigenvalue weighted by molar-refractivity contribution is 5.84. The zero-order valence-corrected chi connectivity index (χ0v) is 10.9. The summed E-state index contributed by atoms with van der Waals surface area (Å²) in [6, 6.07) is 0. The summed E-state index contributed by atoms with van der Waals surface area (Å²) in [5.41, 5.74) is -0.577. The molecule has 0 aromatic heterocycles. The van der Waals surface area contributed by atoms with Gasteiger partial charge in [0.2, 0.25) is 5.78 Å². The maximum Gasteiger partial charge on any atom is 0.410 e. The number of ketones is 1. The lowest BCUT2D eigenvalue weighted by molar-refractivity contribution is -0.135. The Morgan fingerprint density at radius 2 is 1.72 bits per heavy atom. The van der Waals surface area contributed by atoms with Crippen LogP contribution in [0.4, 0.5) is 13.6 Å². The van der Waals surface area contributed by atoms with Crippen LogP contribution in [-0.2, 0) is 9.53 Å². The van der Waals surface area contributed by atoms with Crippen molar-refractivity contribution in [2.24, 2.45) is 5.92 Å². The van der Waals surface area contributed by atoms with Crippen molar-refractivity contribution >= 4 is 11.9 Å². The lowest BCUT2D eigenvalue weighted by Crippen LogP contribution is -2.43. The van der Waals surface area contributed by atoms with Crippen LogP contribution in [0.1, 0.15) is 33.6 Å². The Labute approximate surface area is 105 Å². The molecule has 0 spiro atoms. The molecule has 1 saturated heterocycles. The zero-order valence-electron chi connectivity index (χ0n) is 10.9. The van der Waals surface area contributed by atoms with E-state index in [2.05, 4.69) is 0 Å². The van der Waals surface area contributed by atoms with Crippen LogP contribution >= 0.6 is 0 Å². The maximum absolute atomic E-state index is 12.2. The summed E-state index contributed by atoms with van der Waals surface area (Å²) in [7, 11) is 0. The average Bonchev–Trinajstić information content (AvgIpc) is 2.26. The normalized spacial score (nSPS) is 18.0. The van der Waals surface area contributed by atoms with Crippen molar-refractivity contribution < 1.29 is 23.1 Å². The fourth-order valence-corrected chi connectivity index (χ4v) is 1.85. The first-order chi connectivity index (χ1) is 8.20. The molecular formula is C12H19F2NO3. The van der Waals surface area contributed by atoms with Crippen LogP contribution < -0.4 is 0 Å². The van der Waals surface area contributed by atoms with Gasteiger partial charge in [0.25, 0.3) is 6.43 Å². The summed E-state index contributed by atoms with van der Waals surface area (Å²) in [5.74, 6) is -1.65. The molecule has 0 unspecified atom stereocenters. The average molecular weight is 263 g/mol. The molecule has 1 amide bonds. The summed E-state index contributed by atoms with van der Waals surface area (Å²) in [6.07, 6.45) is -2.81. The third kappa shape index (κ3) is 4.23. The molecule has 104 valence electrons. The maximum atomic E-state index is 12.2. The summed E-state index contributed by atoms with van der Waals surface area (Å²) in [5, 5.41) is 0. The molecule has 18 heavy (non-hydrogen) atoms. The third-order valence-corrected chi connectivity index (χ3v) is 2.76. The Morgan fingerprint density at radius 3 is 2.11 bits per heavy atom. The molecule has 1 aliphatic heterocycles. The van der Waals surface area contributed by atoms with Crippen molar-refractivity contribution in [1.82, 2.24) is 4.90 Å². The van der Waals surface area contributed by atoms with Gasteiger partial charge >= 0.3 is 6.09 Å². The first kappa shape index (κ1) is 14.9. The van der Waals surface area contributed by atoms with E-state index >= 15 is 0 Å². The van der Waals surface area contributed by atoms with Crippen LogP contribution in [0.2, 0.25) is 0 Å². The van der Waals surface area contributed by atoms with Gasteiger partial charge < -0.3 is 9.64 Å². The summed E-state index contributed by atoms with van der Waals surface area (Å²) >= 11 is 0. The number of piperidine rings is 1. The topological polar surface area (TPSA) is 46.6 Å². The third-order valence-electron chi connectivity index (χ3n) is 2.76. The predicted octanol–water partition coefficient (Wildman–Crippen LogP) is 2.47. The van der Waals surface area contributed by atoms with E-state index in [0.29, 0.717) is 0 Å². The molecule has 1 rings (SSSR count). The van der Waals surface area contributed by atoms with Crippen molar-refractivity contribution in [2.45, 2.75) is 45.6 Å². The van der Waals surface area contributed by atoms with E-state index in [0.717, 1.165) is 0 Å². The van der Waals surface area contributed by atoms with E-state index in [9.17, 15) is 18.4 Å². The summed E-state index contributed by atoms with van der Waals surface area (Å²) in [4.78, 5) is 24.3. The lowest BCUT2D eigenvalue weighted by Gasteiger charge is -2.32. The SMILES string of the molecule is CC(C)(C)OC(=O)N1CCC(C(=O)C(F)F)CC1. The molecule has 0 aromatic carbocycles. The molecule has 0 saturated carbocycles. The van der Waals surface area contributed by atoms with Gasteiger partial charge in [0, 0.05) is 19.0 Å². The van der Waals surface area contributed by atoms with E-state index in [1.807, 2.05) is 0 Å². The smallest absolute Gasteiger partial charge is 0.410 e. The highest BCUT2D eigenvalue weighted by Crippen LogP contribution is 2.22. The van der Waals surface area contributed by atoms with E-state index in [1.165, 1.54) is 4.90 Å². The minimum absolute atomic E-state index is 0.280. The molecular weight excluding hydrogens is 244 g/mol. The highest BCUT2D eigenvalue weighted by Gasteiger charge is 2.32. The second kappa shape index (κ2) is 5.63. The van der Waals surface area contributed by atoms with Gasteiger partial charge in [0.05, 0.1) is 0 Å². The van der Waals surface area contributed by atoms with Crippen molar-refractivity contribution in [3.63, 3.8) is 0 Å². The van der Waals surface area contributed by atoms with Crippen molar-refractivity contribution in [2.75, 3.05) is 13.1 Å². The number of hydrogen-bond donors (Lipinski definition) is 0. The number of rotatable bonds is 2. The van der Waals surface area contributed by atoms with Gasteiger partial charge in [0.1, 0.15) is 5.60 Å². The Kier molecular flexibility index (Phi) is 4.65. The van der Waals surface area contributed by atoms with Crippen LogP contribution in [0.15, 0.2) is 0 Å². The number of hydrogen-bond acceptors (Lipinski definition) is 3. The molecule has 6 heteroatoms. The van der Waals surface area contributed by atoms with E-state index < -0.39 is 29.8 Å². The van der Waals surface area contributed by atoms with E-state index in [4.69, 9.17) is 4.74 Å². The molecule has 1 fully saturated rings. The molecule has 0 aliphatic carbocycles. The Morgan fingerprint density at radius 1 is 1.22 bits per heavy atom. The lowest BCUT2D eigenvalue weighted by atomic mass is 9.93. The molecule has 4 nitrogen and oxygen atoms in total. The first-order valence-electron chi connectivity index (χ1n) is 6.00. The molecule has 0 radical (unpaired) electrons. The van der Waals surface area contributed by atoms with Crippen LogP contribution in [0, 0.1) is 5.92 Å². The number of likely N-dealkylation sites (tertiary alicyclic amines) is 1. The largest absolute Gasteiger partial charge is 0.444 e. The number of carbonyl (C=O) groups excluding carboxylic acids is 2. The Balaban J connectivity index is 2.44. The molecule has 0 N–H and O–H groups in total. The second-order valence-electron chi connectivity index (χ2n) is 5.44. The first-order valence-corrected chi connectivity index (χ1v) is 6.00. The molecule has 1 heterocycles. The number of carbonyl (C=O) groups is 2. The minimum Gasteiger partial charge on any atom is -0.444 e. The van der Waals surface area contributed by atoms with Crippen LogP contribution in [-0.4, -0.2) is 41.9 Å². The number of halogens is 2. The number of Topliss-reactive ketones (excluding diaryl/α,β-unsaturated/α-hetero) is 1. The van der Waals surface area contributed by atoms with Gasteiger partial charge in [-0.05, 0) is 33.6 Å². The van der Waals surface area contributed by atoms with Crippen LogP contribution in [0.25, 0.3) is 0 Å². The molecule has 0 atom stereocenters. The summed E-state index contributed by atoms with van der Waals surface area (Å²) in [6.45, 7) is 5.87. The van der Waals surface area contributed by atoms with E-state index in [1.54, 1.807) is 20.8 Å². The monoisotopic (exact) mass is 263 g/mol. The van der Waals surface area contributed by atoms with Gasteiger partial charge in [0.15, 0.2) is 0 Å². The highest BCUT2D eigenvalue weighted by atomic mass is 19.3. The minimum atomic E-state index is -2.91. The van der Waals surface area contributed by atoms with Crippen molar-refractivity contribution in [3.8, 4) is 0 Å². The number of ether oxygens (including phenoxy) is 1. The Bertz CT molecular complexity index is 318. The predicted molar refractivity (Wildman–Crippen MR) is 61.5 cm³/mol. The standard InChI is InChI=1S/C12H19F2NO3/c1-12(2,3)18-11(17)15-6-4-8(5-7-15)9(16)10(13)14/h8,10H,4-7H2,1-3H3. The van der Waals surface area contributed by atoms with Crippen molar-refractivity contribution in [1.29, 1.82) is 0 Å². The van der Waals surface area contributed by atoms with Gasteiger partial charge in [-0.2, -0.15) is 0 Å². The van der Waals surface area contributed by atoms with Crippen LogP contribution in [0.5, 0.6) is 0 Å². The second-order valence-corrected chi connectivity index (χ2v) is 5.44. The molecule has 1 aliphatic rings. The van der Waals surface area contributed by atoms with Gasteiger partial charge in [-0.3, -0.25) is 4.79 Å². The number of alkyl halides is 2. The Hall–Kier alpha value is -1.20. The fraction of sp³-hybridized carbons (Fsp3) is 0.833. The summed E-state index contributed by atoms with van der Waals surface area (Å²) < 4.78 is 29.6.